The van der Waals surface area contributed by atoms with Crippen molar-refractivity contribution in [1.82, 2.24) is 24.0 Å². The van der Waals surface area contributed by atoms with Crippen molar-refractivity contribution in [3.05, 3.63) is 71.8 Å². The highest BCUT2D eigenvalue weighted by Gasteiger charge is 2.30. The molecule has 10 heteroatoms. The lowest BCUT2D eigenvalue weighted by Gasteiger charge is -2.33. The average Bonchev–Trinajstić information content (AvgIpc) is 3.65. The van der Waals surface area contributed by atoms with Gasteiger partial charge in [-0.05, 0) is 73.7 Å². The number of nitrogens with two attached hydrogens (primary N) is 2. The van der Waals surface area contributed by atoms with Crippen LogP contribution < -0.4 is 11.5 Å². The molecule has 214 valence electrons. The monoisotopic (exact) mass is 565 g/mol. The number of halogens is 1. The quantitative estimate of drug-likeness (QED) is 0.318. The van der Waals surface area contributed by atoms with Crippen molar-refractivity contribution >= 4 is 33.9 Å². The molecule has 1 aliphatic heterocycles. The fraction of sp³-hybridized carbons (Fsp3) is 0.312. The molecule has 1 aliphatic carbocycles. The first-order chi connectivity index (χ1) is 20.2. The van der Waals surface area contributed by atoms with Crippen LogP contribution in [0.1, 0.15) is 40.0 Å². The van der Waals surface area contributed by atoms with Crippen LogP contribution in [0.3, 0.4) is 0 Å². The molecule has 42 heavy (non-hydrogen) atoms. The third-order valence-corrected chi connectivity index (χ3v) is 8.42. The molecule has 1 saturated carbocycles. The number of primary amides is 1. The number of pyridine rings is 1. The standard InChI is InChI=1S/C32H32FN7O2/c1-38-27-11-9-22(32(42)39-16-23(33)14-24(34)17-39)12-26(27)37-31(38)28-13-21-8-10-25(19-4-6-20(7-5-19)29(35)41)36-30(21)40(28)15-18-2-3-18/h4-13,18,23-24H,2-3,14-17,34H2,1H3,(H2,35,41)/t23-,24-/m1/s1. The van der Waals surface area contributed by atoms with Crippen molar-refractivity contribution in [1.29, 1.82) is 0 Å². The summed E-state index contributed by atoms with van der Waals surface area (Å²) in [5, 5.41) is 1.01. The number of rotatable bonds is 6. The molecular formula is C32H32FN7O2. The van der Waals surface area contributed by atoms with E-state index in [0.717, 1.165) is 45.9 Å². The molecule has 0 unspecified atom stereocenters. The molecule has 0 spiro atoms. The minimum atomic E-state index is -1.11. The van der Waals surface area contributed by atoms with Crippen molar-refractivity contribution in [3.63, 3.8) is 0 Å². The summed E-state index contributed by atoms with van der Waals surface area (Å²) >= 11 is 0. The SMILES string of the molecule is Cn1c(-c2cc3ccc(-c4ccc(C(N)=O)cc4)nc3n2CC2CC2)nc2cc(C(=O)N3C[C@H](N)C[C@@H](F)C3)ccc21. The van der Waals surface area contributed by atoms with Crippen LogP contribution in [0, 0.1) is 5.92 Å². The Bertz CT molecular complexity index is 1840. The normalized spacial score (nSPS) is 19.1. The second-order valence-electron chi connectivity index (χ2n) is 11.6. The van der Waals surface area contributed by atoms with Gasteiger partial charge in [0.05, 0.1) is 29.0 Å². The smallest absolute Gasteiger partial charge is 0.254 e. The number of carbonyl (C=O) groups excluding carboxylic acids is 2. The number of fused-ring (bicyclic) bond motifs is 2. The van der Waals surface area contributed by atoms with Crippen LogP contribution in [0.15, 0.2) is 60.7 Å². The van der Waals surface area contributed by atoms with Crippen molar-refractivity contribution in [3.8, 4) is 22.8 Å². The number of piperidine rings is 1. The second-order valence-corrected chi connectivity index (χ2v) is 11.6. The lowest BCUT2D eigenvalue weighted by Crippen LogP contribution is -2.50. The highest BCUT2D eigenvalue weighted by Crippen LogP contribution is 2.37. The van der Waals surface area contributed by atoms with Crippen molar-refractivity contribution < 1.29 is 14.0 Å². The number of benzene rings is 2. The van der Waals surface area contributed by atoms with Gasteiger partial charge in [0.25, 0.3) is 5.91 Å². The van der Waals surface area contributed by atoms with Gasteiger partial charge in [0.2, 0.25) is 5.91 Å². The molecule has 3 aromatic heterocycles. The molecule has 4 N–H and O–H groups in total. The Balaban J connectivity index is 1.28. The minimum absolute atomic E-state index is 0.0591. The summed E-state index contributed by atoms with van der Waals surface area (Å²) in [5.74, 6) is 0.680. The Hall–Kier alpha value is -4.57. The van der Waals surface area contributed by atoms with Gasteiger partial charge in [0.15, 0.2) is 5.82 Å². The van der Waals surface area contributed by atoms with Gasteiger partial charge in [-0.3, -0.25) is 9.59 Å². The first kappa shape index (κ1) is 26.3. The zero-order valence-corrected chi connectivity index (χ0v) is 23.3. The molecule has 5 aromatic rings. The maximum Gasteiger partial charge on any atom is 0.254 e. The lowest BCUT2D eigenvalue weighted by molar-refractivity contribution is 0.0607. The van der Waals surface area contributed by atoms with E-state index < -0.39 is 12.1 Å². The van der Waals surface area contributed by atoms with Crippen LogP contribution in [0.4, 0.5) is 4.39 Å². The van der Waals surface area contributed by atoms with Gasteiger partial charge in [0.1, 0.15) is 11.8 Å². The largest absolute Gasteiger partial charge is 0.366 e. The molecule has 2 aromatic carbocycles. The number of hydrogen-bond donors (Lipinski definition) is 2. The van der Waals surface area contributed by atoms with Gasteiger partial charge < -0.3 is 25.5 Å². The van der Waals surface area contributed by atoms with Crippen molar-refractivity contribution in [2.45, 2.75) is 38.0 Å². The number of aromatic nitrogens is 4. The van der Waals surface area contributed by atoms with E-state index in [0.29, 0.717) is 29.1 Å². The summed E-state index contributed by atoms with van der Waals surface area (Å²) < 4.78 is 18.4. The summed E-state index contributed by atoms with van der Waals surface area (Å²) in [7, 11) is 1.97. The number of carbonyl (C=O) groups is 2. The summed E-state index contributed by atoms with van der Waals surface area (Å²) in [5.41, 5.74) is 17.4. The Labute approximate surface area is 241 Å². The van der Waals surface area contributed by atoms with Gasteiger partial charge in [-0.2, -0.15) is 0 Å². The number of aryl methyl sites for hydroxylation is 1. The van der Waals surface area contributed by atoms with Crippen LogP contribution in [-0.4, -0.2) is 61.1 Å². The number of amides is 2. The molecule has 0 radical (unpaired) electrons. The highest BCUT2D eigenvalue weighted by atomic mass is 19.1. The summed E-state index contributed by atoms with van der Waals surface area (Å²) in [6, 6.07) is 18.4. The van der Waals surface area contributed by atoms with E-state index in [1.54, 1.807) is 24.3 Å². The van der Waals surface area contributed by atoms with E-state index in [9.17, 15) is 14.0 Å². The van der Waals surface area contributed by atoms with Gasteiger partial charge >= 0.3 is 0 Å². The van der Waals surface area contributed by atoms with Crippen LogP contribution in [0.2, 0.25) is 0 Å². The van der Waals surface area contributed by atoms with Gasteiger partial charge in [-0.1, -0.05) is 12.1 Å². The van der Waals surface area contributed by atoms with Crippen LogP contribution >= 0.6 is 0 Å². The van der Waals surface area contributed by atoms with Gasteiger partial charge in [0, 0.05) is 48.3 Å². The predicted molar refractivity (Wildman–Crippen MR) is 160 cm³/mol. The van der Waals surface area contributed by atoms with E-state index in [1.807, 2.05) is 35.9 Å². The van der Waals surface area contributed by atoms with Crippen LogP contribution in [0.25, 0.3) is 44.8 Å². The maximum absolute atomic E-state index is 14.1. The Kier molecular flexibility index (Phi) is 6.31. The molecule has 0 bridgehead atoms. The third-order valence-electron chi connectivity index (χ3n) is 8.42. The molecule has 2 fully saturated rings. The first-order valence-electron chi connectivity index (χ1n) is 14.3. The third kappa shape index (κ3) is 4.71. The molecule has 7 rings (SSSR count). The molecule has 2 amide bonds. The van der Waals surface area contributed by atoms with E-state index >= 15 is 0 Å². The summed E-state index contributed by atoms with van der Waals surface area (Å²) in [6.07, 6.45) is 1.53. The fourth-order valence-corrected chi connectivity index (χ4v) is 6.01. The summed E-state index contributed by atoms with van der Waals surface area (Å²) in [4.78, 5) is 36.3. The van der Waals surface area contributed by atoms with Gasteiger partial charge in [-0.15, -0.1) is 0 Å². The number of imidazole rings is 1. The zero-order valence-electron chi connectivity index (χ0n) is 23.3. The van der Waals surface area contributed by atoms with E-state index in [4.69, 9.17) is 21.4 Å². The zero-order chi connectivity index (χ0) is 29.1. The van der Waals surface area contributed by atoms with Crippen LogP contribution in [-0.2, 0) is 13.6 Å². The molecule has 1 saturated heterocycles. The molecule has 2 atom stereocenters. The number of likely N-dealkylation sites (tertiary alicyclic amines) is 1. The Morgan fingerprint density at radius 1 is 0.976 bits per heavy atom. The van der Waals surface area contributed by atoms with E-state index in [1.165, 1.54) is 17.7 Å². The van der Waals surface area contributed by atoms with E-state index in [2.05, 4.69) is 16.7 Å². The van der Waals surface area contributed by atoms with Crippen LogP contribution in [0.5, 0.6) is 0 Å². The topological polar surface area (TPSA) is 125 Å². The average molecular weight is 566 g/mol. The molecule has 9 nitrogen and oxygen atoms in total. The lowest BCUT2D eigenvalue weighted by atomic mass is 10.0. The first-order valence-corrected chi connectivity index (χ1v) is 14.3. The maximum atomic E-state index is 14.1. The predicted octanol–water partition coefficient (Wildman–Crippen LogP) is 4.28. The fourth-order valence-electron chi connectivity index (χ4n) is 6.01. The highest BCUT2D eigenvalue weighted by molar-refractivity contribution is 5.98. The Morgan fingerprint density at radius 2 is 1.74 bits per heavy atom. The minimum Gasteiger partial charge on any atom is -0.366 e. The van der Waals surface area contributed by atoms with E-state index in [-0.39, 0.29) is 24.9 Å². The van der Waals surface area contributed by atoms with Crippen molar-refractivity contribution in [2.75, 3.05) is 13.1 Å². The number of nitrogens with zero attached hydrogens (tertiary/aromatic N) is 5. The molecular weight excluding hydrogens is 533 g/mol. The number of alkyl halides is 1. The molecule has 2 aliphatic rings. The Morgan fingerprint density at radius 3 is 2.45 bits per heavy atom. The second kappa shape index (κ2) is 10.1. The summed E-state index contributed by atoms with van der Waals surface area (Å²) in [6.45, 7) is 1.24. The van der Waals surface area contributed by atoms with Gasteiger partial charge in [-0.25, -0.2) is 14.4 Å². The van der Waals surface area contributed by atoms with Crippen molar-refractivity contribution in [2.24, 2.45) is 24.4 Å². The molecule has 4 heterocycles. The number of hydrogen-bond acceptors (Lipinski definition) is 5.